The number of benzene rings is 1. The molecule has 0 radical (unpaired) electrons. The van der Waals surface area contributed by atoms with E-state index in [-0.39, 0.29) is 11.6 Å². The van der Waals surface area contributed by atoms with E-state index >= 15 is 0 Å². The highest BCUT2D eigenvalue weighted by Gasteiger charge is 2.36. The average Bonchev–Trinajstić information content (AvgIpc) is 3.02. The van der Waals surface area contributed by atoms with Crippen molar-refractivity contribution in [2.24, 2.45) is 0 Å². The fourth-order valence-electron chi connectivity index (χ4n) is 2.23. The van der Waals surface area contributed by atoms with Crippen molar-refractivity contribution in [3.05, 3.63) is 40.8 Å². The van der Waals surface area contributed by atoms with Gasteiger partial charge in [0.1, 0.15) is 0 Å². The van der Waals surface area contributed by atoms with Crippen LogP contribution in [0.5, 0.6) is 0 Å². The Bertz CT molecular complexity index is 836. The zero-order chi connectivity index (χ0) is 20.4. The number of nitrogens with one attached hydrogen (secondary N) is 1. The second-order valence-electron chi connectivity index (χ2n) is 5.71. The normalized spacial score (nSPS) is 13.3. The molecule has 1 atom stereocenters. The molecule has 1 aromatic carbocycles. The van der Waals surface area contributed by atoms with Crippen LogP contribution in [-0.2, 0) is 12.6 Å². The molecule has 1 unspecified atom stereocenters. The Hall–Kier alpha value is -2.81. The fourth-order valence-corrected chi connectivity index (χ4v) is 2.23. The number of halogens is 6. The number of alkyl halides is 6. The quantitative estimate of drug-likeness (QED) is 0.620. The number of nitriles is 1. The van der Waals surface area contributed by atoms with Gasteiger partial charge in [-0.1, -0.05) is 11.2 Å². The summed E-state index contributed by atoms with van der Waals surface area (Å²) in [7, 11) is 3.05. The molecule has 0 saturated heterocycles. The molecule has 2 rings (SSSR count). The van der Waals surface area contributed by atoms with Gasteiger partial charge in [0.05, 0.1) is 23.2 Å². The summed E-state index contributed by atoms with van der Waals surface area (Å²) < 4.78 is 82.7. The summed E-state index contributed by atoms with van der Waals surface area (Å²) in [5.41, 5.74) is -1.94. The molecule has 0 aliphatic rings. The van der Waals surface area contributed by atoms with Crippen LogP contribution in [0.3, 0.4) is 0 Å². The van der Waals surface area contributed by atoms with Crippen molar-refractivity contribution in [3.8, 4) is 6.07 Å². The van der Waals surface area contributed by atoms with Gasteiger partial charge in [-0.25, -0.2) is 5.32 Å². The van der Waals surface area contributed by atoms with Crippen LogP contribution in [0, 0.1) is 11.3 Å². The van der Waals surface area contributed by atoms with Crippen LogP contribution in [0.2, 0.25) is 0 Å². The van der Waals surface area contributed by atoms with Crippen molar-refractivity contribution in [2.75, 3.05) is 19.0 Å². The third kappa shape index (κ3) is 5.33. The summed E-state index contributed by atoms with van der Waals surface area (Å²) >= 11 is 0. The number of rotatable bonds is 5. The van der Waals surface area contributed by atoms with E-state index in [9.17, 15) is 26.3 Å². The summed E-state index contributed by atoms with van der Waals surface area (Å²) in [6.45, 7) is 0. The molecule has 0 fully saturated rings. The van der Waals surface area contributed by atoms with Gasteiger partial charge in [0.2, 0.25) is 5.89 Å². The molecule has 0 amide bonds. The molecule has 0 saturated carbocycles. The van der Waals surface area contributed by atoms with Crippen LogP contribution in [0.4, 0.5) is 32.4 Å². The van der Waals surface area contributed by atoms with Crippen molar-refractivity contribution in [1.29, 1.82) is 5.26 Å². The maximum Gasteiger partial charge on any atom is 0.457 e. The minimum Gasteiger partial charge on any atom is -0.406 e. The van der Waals surface area contributed by atoms with Crippen LogP contribution in [0.1, 0.15) is 28.6 Å². The monoisotopic (exact) mass is 393 g/mol. The Morgan fingerprint density at radius 2 is 1.85 bits per heavy atom. The molecule has 1 heterocycles. The standard InChI is InChI=1S/C15H13F6N5O/c1-26(2)13-25-24-12(27-13)11(23-15(19,20)21)6-8-3-4-9(7-22)10(5-8)14(16,17)18/h3-5,11,23H,6H2,1-2H3. The largest absolute Gasteiger partial charge is 0.457 e. The highest BCUT2D eigenvalue weighted by Crippen LogP contribution is 2.33. The van der Waals surface area contributed by atoms with Crippen molar-refractivity contribution < 1.29 is 30.8 Å². The van der Waals surface area contributed by atoms with Gasteiger partial charge >= 0.3 is 18.5 Å². The molecule has 6 nitrogen and oxygen atoms in total. The summed E-state index contributed by atoms with van der Waals surface area (Å²) in [5, 5.41) is 17.2. The van der Waals surface area contributed by atoms with E-state index in [4.69, 9.17) is 9.68 Å². The van der Waals surface area contributed by atoms with E-state index in [2.05, 4.69) is 10.2 Å². The van der Waals surface area contributed by atoms with E-state index in [1.807, 2.05) is 0 Å². The van der Waals surface area contributed by atoms with E-state index in [0.29, 0.717) is 6.07 Å². The molecule has 0 bridgehead atoms. The molecule has 1 N–H and O–H groups in total. The van der Waals surface area contributed by atoms with Gasteiger partial charge in [0, 0.05) is 14.1 Å². The summed E-state index contributed by atoms with van der Waals surface area (Å²) in [4.78, 5) is 1.37. The first kappa shape index (κ1) is 20.5. The Balaban J connectivity index is 2.39. The van der Waals surface area contributed by atoms with Gasteiger partial charge in [-0.05, 0) is 24.1 Å². The van der Waals surface area contributed by atoms with E-state index in [1.165, 1.54) is 30.4 Å². The minimum absolute atomic E-state index is 0.0604. The van der Waals surface area contributed by atoms with Crippen LogP contribution >= 0.6 is 0 Å². The van der Waals surface area contributed by atoms with Crippen LogP contribution in [-0.4, -0.2) is 30.6 Å². The van der Waals surface area contributed by atoms with E-state index in [0.717, 1.165) is 12.1 Å². The first-order chi connectivity index (χ1) is 12.4. The number of hydrogen-bond donors (Lipinski definition) is 1. The number of nitrogens with zero attached hydrogens (tertiary/aromatic N) is 4. The third-order valence-corrected chi connectivity index (χ3v) is 3.40. The van der Waals surface area contributed by atoms with E-state index < -0.39 is 42.0 Å². The predicted molar refractivity (Wildman–Crippen MR) is 80.4 cm³/mol. The van der Waals surface area contributed by atoms with Crippen molar-refractivity contribution in [1.82, 2.24) is 15.5 Å². The second-order valence-corrected chi connectivity index (χ2v) is 5.71. The Kier molecular flexibility index (Phi) is 5.65. The molecule has 0 aliphatic heterocycles. The fraction of sp³-hybridized carbons (Fsp3) is 0.400. The molecule has 1 aromatic heterocycles. The third-order valence-electron chi connectivity index (χ3n) is 3.40. The highest BCUT2D eigenvalue weighted by molar-refractivity contribution is 5.42. The molecule has 146 valence electrons. The molecule has 2 aromatic rings. The lowest BCUT2D eigenvalue weighted by atomic mass is 9.99. The SMILES string of the molecule is CN(C)c1nnc(C(Cc2ccc(C#N)c(C(F)(F)F)c2)NC(F)(F)F)o1. The topological polar surface area (TPSA) is 78.0 Å². The highest BCUT2D eigenvalue weighted by atomic mass is 19.4. The lowest BCUT2D eigenvalue weighted by Gasteiger charge is -2.18. The van der Waals surface area contributed by atoms with Crippen LogP contribution in [0.15, 0.2) is 22.6 Å². The number of hydrogen-bond acceptors (Lipinski definition) is 6. The summed E-state index contributed by atoms with van der Waals surface area (Å²) in [5.74, 6) is -0.436. The zero-order valence-corrected chi connectivity index (χ0v) is 14.0. The van der Waals surface area contributed by atoms with Crippen molar-refractivity contribution in [3.63, 3.8) is 0 Å². The molecule has 27 heavy (non-hydrogen) atoms. The van der Waals surface area contributed by atoms with Crippen LogP contribution < -0.4 is 10.2 Å². The predicted octanol–water partition coefficient (Wildman–Crippen LogP) is 3.42. The lowest BCUT2D eigenvalue weighted by molar-refractivity contribution is -0.166. The smallest absolute Gasteiger partial charge is 0.406 e. The Morgan fingerprint density at radius 3 is 2.33 bits per heavy atom. The van der Waals surface area contributed by atoms with Gasteiger partial charge < -0.3 is 9.32 Å². The summed E-state index contributed by atoms with van der Waals surface area (Å²) in [6, 6.07) is 2.41. The van der Waals surface area contributed by atoms with Gasteiger partial charge in [0.25, 0.3) is 0 Å². The zero-order valence-electron chi connectivity index (χ0n) is 14.0. The van der Waals surface area contributed by atoms with E-state index in [1.54, 1.807) is 0 Å². The first-order valence-electron chi connectivity index (χ1n) is 7.36. The minimum atomic E-state index is -4.84. The summed E-state index contributed by atoms with van der Waals surface area (Å²) in [6.07, 6.45) is -10.2. The maximum absolute atomic E-state index is 13.0. The number of aromatic nitrogens is 2. The van der Waals surface area contributed by atoms with Gasteiger partial charge in [-0.15, -0.1) is 5.10 Å². The first-order valence-corrected chi connectivity index (χ1v) is 7.36. The number of anilines is 1. The second kappa shape index (κ2) is 7.43. The molecular weight excluding hydrogens is 380 g/mol. The molecular formula is C15H13F6N5O. The lowest BCUT2D eigenvalue weighted by Crippen LogP contribution is -2.36. The molecule has 0 spiro atoms. The van der Waals surface area contributed by atoms with Crippen molar-refractivity contribution >= 4 is 6.01 Å². The molecule has 0 aliphatic carbocycles. The van der Waals surface area contributed by atoms with Gasteiger partial charge in [0.15, 0.2) is 0 Å². The van der Waals surface area contributed by atoms with Crippen molar-refractivity contribution in [2.45, 2.75) is 24.9 Å². The Labute approximate surface area is 149 Å². The average molecular weight is 393 g/mol. The Morgan fingerprint density at radius 1 is 1.19 bits per heavy atom. The van der Waals surface area contributed by atoms with Gasteiger partial charge in [-0.2, -0.15) is 31.6 Å². The van der Waals surface area contributed by atoms with Crippen LogP contribution in [0.25, 0.3) is 0 Å². The molecule has 12 heteroatoms. The maximum atomic E-state index is 13.0. The van der Waals surface area contributed by atoms with Gasteiger partial charge in [-0.3, -0.25) is 0 Å².